The Morgan fingerprint density at radius 3 is 2.58 bits per heavy atom. The molecule has 0 aromatic heterocycles. The first-order valence-electron chi connectivity index (χ1n) is 8.66. The van der Waals surface area contributed by atoms with E-state index in [4.69, 9.17) is 4.74 Å². The molecule has 2 heteroatoms. The van der Waals surface area contributed by atoms with Crippen molar-refractivity contribution in [2.45, 2.75) is 89.8 Å². The lowest BCUT2D eigenvalue weighted by molar-refractivity contribution is -0.155. The standard InChI is InChI=1S/C17H33NO/c1-3-12-18-13-11-17(9-6-10-17)19-16-8-5-7-15(4-2)14-16/h15-16,18H,3-14H2,1-2H3. The fourth-order valence-electron chi connectivity index (χ4n) is 3.69. The molecule has 0 aromatic rings. The highest BCUT2D eigenvalue weighted by atomic mass is 16.5. The highest BCUT2D eigenvalue weighted by Crippen LogP contribution is 2.42. The van der Waals surface area contributed by atoms with Gasteiger partial charge in [0.15, 0.2) is 0 Å². The van der Waals surface area contributed by atoms with Gasteiger partial charge >= 0.3 is 0 Å². The van der Waals surface area contributed by atoms with E-state index in [1.54, 1.807) is 0 Å². The van der Waals surface area contributed by atoms with Crippen molar-refractivity contribution < 1.29 is 4.74 Å². The minimum atomic E-state index is 0.251. The molecule has 0 spiro atoms. The number of rotatable bonds is 8. The largest absolute Gasteiger partial charge is 0.372 e. The zero-order valence-corrected chi connectivity index (χ0v) is 13.0. The fraction of sp³-hybridized carbons (Fsp3) is 1.00. The van der Waals surface area contributed by atoms with Gasteiger partial charge in [-0.25, -0.2) is 0 Å². The summed E-state index contributed by atoms with van der Waals surface area (Å²) in [5, 5.41) is 3.54. The van der Waals surface area contributed by atoms with Crippen molar-refractivity contribution in [3.8, 4) is 0 Å². The van der Waals surface area contributed by atoms with Gasteiger partial charge in [-0.2, -0.15) is 0 Å². The van der Waals surface area contributed by atoms with Crippen LogP contribution in [0.2, 0.25) is 0 Å². The highest BCUT2D eigenvalue weighted by Gasteiger charge is 2.40. The van der Waals surface area contributed by atoms with Crippen LogP contribution in [-0.4, -0.2) is 24.8 Å². The number of nitrogens with one attached hydrogen (secondary N) is 1. The molecule has 2 atom stereocenters. The third-order valence-electron chi connectivity index (χ3n) is 5.18. The third kappa shape index (κ3) is 4.46. The molecule has 2 rings (SSSR count). The van der Waals surface area contributed by atoms with Gasteiger partial charge in [-0.15, -0.1) is 0 Å². The summed E-state index contributed by atoms with van der Waals surface area (Å²) in [6.07, 6.45) is 13.8. The van der Waals surface area contributed by atoms with Crippen molar-refractivity contribution >= 4 is 0 Å². The Balaban J connectivity index is 1.74. The maximum Gasteiger partial charge on any atom is 0.0698 e. The molecular formula is C17H33NO. The molecule has 19 heavy (non-hydrogen) atoms. The van der Waals surface area contributed by atoms with Gasteiger partial charge < -0.3 is 10.1 Å². The second-order valence-corrected chi connectivity index (χ2v) is 6.72. The van der Waals surface area contributed by atoms with E-state index in [1.165, 1.54) is 64.2 Å². The molecule has 2 aliphatic carbocycles. The molecule has 0 bridgehead atoms. The van der Waals surface area contributed by atoms with Crippen LogP contribution in [0, 0.1) is 5.92 Å². The van der Waals surface area contributed by atoms with Crippen LogP contribution >= 0.6 is 0 Å². The SMILES string of the molecule is CCCNCCC1(OC2CCCC(CC)C2)CCC1. The Hall–Kier alpha value is -0.0800. The van der Waals surface area contributed by atoms with E-state index >= 15 is 0 Å². The van der Waals surface area contributed by atoms with Gasteiger partial charge in [0, 0.05) is 0 Å². The van der Waals surface area contributed by atoms with Crippen molar-refractivity contribution in [3.63, 3.8) is 0 Å². The first kappa shape index (κ1) is 15.3. The maximum absolute atomic E-state index is 6.59. The highest BCUT2D eigenvalue weighted by molar-refractivity contribution is 4.92. The molecule has 0 amide bonds. The molecular weight excluding hydrogens is 234 g/mol. The van der Waals surface area contributed by atoms with Crippen LogP contribution in [0.15, 0.2) is 0 Å². The van der Waals surface area contributed by atoms with E-state index in [0.717, 1.165) is 19.0 Å². The average Bonchev–Trinajstić information content (AvgIpc) is 2.40. The van der Waals surface area contributed by atoms with Crippen molar-refractivity contribution in [2.75, 3.05) is 13.1 Å². The second kappa shape index (κ2) is 7.64. The van der Waals surface area contributed by atoms with E-state index in [9.17, 15) is 0 Å². The number of ether oxygens (including phenoxy) is 1. The van der Waals surface area contributed by atoms with Crippen LogP contribution in [0.25, 0.3) is 0 Å². The predicted molar refractivity (Wildman–Crippen MR) is 81.5 cm³/mol. The molecule has 112 valence electrons. The zero-order chi connectivity index (χ0) is 13.6. The molecule has 2 fully saturated rings. The summed E-state index contributed by atoms with van der Waals surface area (Å²) in [6, 6.07) is 0. The van der Waals surface area contributed by atoms with E-state index in [0.29, 0.717) is 6.10 Å². The third-order valence-corrected chi connectivity index (χ3v) is 5.18. The summed E-state index contributed by atoms with van der Waals surface area (Å²) < 4.78 is 6.59. The molecule has 0 aliphatic heterocycles. The molecule has 0 aromatic carbocycles. The topological polar surface area (TPSA) is 21.3 Å². The summed E-state index contributed by atoms with van der Waals surface area (Å²) >= 11 is 0. The molecule has 0 saturated heterocycles. The Labute approximate surface area is 119 Å². The predicted octanol–water partition coefficient (Wildman–Crippen LogP) is 4.28. The van der Waals surface area contributed by atoms with Crippen molar-refractivity contribution in [1.82, 2.24) is 5.32 Å². The Morgan fingerprint density at radius 2 is 1.95 bits per heavy atom. The van der Waals surface area contributed by atoms with Crippen LogP contribution in [0.1, 0.15) is 78.1 Å². The lowest BCUT2D eigenvalue weighted by Gasteiger charge is -2.46. The minimum Gasteiger partial charge on any atom is -0.372 e. The van der Waals surface area contributed by atoms with E-state index in [1.807, 2.05) is 0 Å². The first-order chi connectivity index (χ1) is 9.28. The summed E-state index contributed by atoms with van der Waals surface area (Å²) in [4.78, 5) is 0. The van der Waals surface area contributed by atoms with Gasteiger partial charge in [-0.1, -0.05) is 33.1 Å². The zero-order valence-electron chi connectivity index (χ0n) is 13.0. The molecule has 2 nitrogen and oxygen atoms in total. The molecule has 2 unspecified atom stereocenters. The minimum absolute atomic E-state index is 0.251. The molecule has 1 N–H and O–H groups in total. The van der Waals surface area contributed by atoms with Crippen LogP contribution in [-0.2, 0) is 4.74 Å². The van der Waals surface area contributed by atoms with Crippen LogP contribution in [0.5, 0.6) is 0 Å². The van der Waals surface area contributed by atoms with Crippen molar-refractivity contribution in [2.24, 2.45) is 5.92 Å². The van der Waals surface area contributed by atoms with Crippen molar-refractivity contribution in [1.29, 1.82) is 0 Å². The normalized spacial score (nSPS) is 30.0. The summed E-state index contributed by atoms with van der Waals surface area (Å²) in [5.74, 6) is 0.925. The van der Waals surface area contributed by atoms with Gasteiger partial charge in [0.05, 0.1) is 11.7 Å². The summed E-state index contributed by atoms with van der Waals surface area (Å²) in [6.45, 7) is 6.85. The van der Waals surface area contributed by atoms with E-state index in [2.05, 4.69) is 19.2 Å². The van der Waals surface area contributed by atoms with Gasteiger partial charge in [0.2, 0.25) is 0 Å². The smallest absolute Gasteiger partial charge is 0.0698 e. The van der Waals surface area contributed by atoms with E-state index < -0.39 is 0 Å². The summed E-state index contributed by atoms with van der Waals surface area (Å²) in [7, 11) is 0. The van der Waals surface area contributed by atoms with Crippen LogP contribution in [0.4, 0.5) is 0 Å². The lowest BCUT2D eigenvalue weighted by Crippen LogP contribution is -2.46. The van der Waals surface area contributed by atoms with Gasteiger partial charge in [-0.05, 0) is 64.0 Å². The molecule has 2 aliphatic rings. The monoisotopic (exact) mass is 267 g/mol. The van der Waals surface area contributed by atoms with E-state index in [-0.39, 0.29) is 5.60 Å². The Morgan fingerprint density at radius 1 is 1.11 bits per heavy atom. The summed E-state index contributed by atoms with van der Waals surface area (Å²) in [5.41, 5.74) is 0.251. The second-order valence-electron chi connectivity index (χ2n) is 6.72. The molecule has 0 heterocycles. The van der Waals surface area contributed by atoms with Crippen molar-refractivity contribution in [3.05, 3.63) is 0 Å². The Kier molecular flexibility index (Phi) is 6.15. The fourth-order valence-corrected chi connectivity index (χ4v) is 3.69. The number of hydrogen-bond donors (Lipinski definition) is 1. The number of hydrogen-bond acceptors (Lipinski definition) is 2. The van der Waals surface area contributed by atoms with Gasteiger partial charge in [-0.3, -0.25) is 0 Å². The van der Waals surface area contributed by atoms with Gasteiger partial charge in [0.25, 0.3) is 0 Å². The van der Waals surface area contributed by atoms with Crippen LogP contribution in [0.3, 0.4) is 0 Å². The average molecular weight is 267 g/mol. The van der Waals surface area contributed by atoms with Crippen LogP contribution < -0.4 is 5.32 Å². The quantitative estimate of drug-likeness (QED) is 0.663. The Bertz CT molecular complexity index is 250. The molecule has 0 radical (unpaired) electrons. The first-order valence-corrected chi connectivity index (χ1v) is 8.66. The van der Waals surface area contributed by atoms with Gasteiger partial charge in [0.1, 0.15) is 0 Å². The maximum atomic E-state index is 6.59. The lowest BCUT2D eigenvalue weighted by atomic mass is 9.76. The molecule has 2 saturated carbocycles.